The van der Waals surface area contributed by atoms with E-state index in [2.05, 4.69) is 39.0 Å². The number of aryl methyl sites for hydroxylation is 1. The second-order valence-electron chi connectivity index (χ2n) is 8.30. The summed E-state index contributed by atoms with van der Waals surface area (Å²) in [6.07, 6.45) is 1.71. The average molecular weight is 593 g/mol. The highest BCUT2D eigenvalue weighted by Crippen LogP contribution is 2.42. The smallest absolute Gasteiger partial charge is 0.156 e. The second-order valence-corrected chi connectivity index (χ2v) is 13.7. The summed E-state index contributed by atoms with van der Waals surface area (Å²) >= 11 is 3.60. The summed E-state index contributed by atoms with van der Waals surface area (Å²) in [5, 5.41) is 4.56. The molecule has 4 heterocycles. The maximum absolute atomic E-state index is 12.7. The van der Waals surface area contributed by atoms with Crippen LogP contribution in [0.1, 0.15) is 32.0 Å². The standard InChI is InChI=1S/C19H25IN5O3PS2/c1-11-8-14(25(22-11)29-20)16-17-18(30-23-16)13(19(3,4)31(5,26)27)9-15(21-17)24-6-7-28-10-12(24)2/h8-9,12,29H,6-7,10H2,1-5H3/t12-/m1/s1. The van der Waals surface area contributed by atoms with Crippen molar-refractivity contribution in [3.05, 3.63) is 23.4 Å². The summed E-state index contributed by atoms with van der Waals surface area (Å²) in [5.41, 5.74) is 4.02. The molecule has 2 atom stereocenters. The van der Waals surface area contributed by atoms with Gasteiger partial charge in [0.25, 0.3) is 0 Å². The molecule has 0 spiro atoms. The van der Waals surface area contributed by atoms with Crippen LogP contribution in [0.15, 0.2) is 12.1 Å². The van der Waals surface area contributed by atoms with Crippen molar-refractivity contribution in [3.8, 4) is 11.4 Å². The Hall–Kier alpha value is -0.880. The Bertz CT molecular complexity index is 1240. The van der Waals surface area contributed by atoms with Crippen LogP contribution in [-0.4, -0.2) is 59.4 Å². The Balaban J connectivity index is 2.02. The molecule has 0 radical (unpaired) electrons. The molecule has 0 amide bonds. The number of nitrogens with zero attached hydrogens (tertiary/aromatic N) is 5. The van der Waals surface area contributed by atoms with Gasteiger partial charge in [-0.2, -0.15) is 9.47 Å². The van der Waals surface area contributed by atoms with Gasteiger partial charge in [0, 0.05) is 12.8 Å². The molecule has 1 saturated heterocycles. The largest absolute Gasteiger partial charge is 0.377 e. The van der Waals surface area contributed by atoms with E-state index in [1.165, 1.54) is 17.8 Å². The number of aromatic nitrogens is 4. The lowest BCUT2D eigenvalue weighted by molar-refractivity contribution is 0.0985. The highest BCUT2D eigenvalue weighted by Gasteiger charge is 2.37. The zero-order valence-corrected chi connectivity index (χ0v) is 22.8. The minimum absolute atomic E-state index is 0.145. The fraction of sp³-hybridized carbons (Fsp3) is 0.526. The van der Waals surface area contributed by atoms with Gasteiger partial charge in [-0.3, -0.25) is 0 Å². The van der Waals surface area contributed by atoms with Crippen LogP contribution in [0.3, 0.4) is 0 Å². The number of morpholine rings is 1. The van der Waals surface area contributed by atoms with Crippen LogP contribution in [0.25, 0.3) is 21.6 Å². The Morgan fingerprint density at radius 1 is 1.35 bits per heavy atom. The predicted octanol–water partition coefficient (Wildman–Crippen LogP) is 4.16. The number of ether oxygens (including phenoxy) is 1. The Morgan fingerprint density at radius 3 is 2.74 bits per heavy atom. The first kappa shape index (κ1) is 23.3. The molecule has 31 heavy (non-hydrogen) atoms. The first-order chi connectivity index (χ1) is 14.5. The molecule has 0 N–H and O–H groups in total. The normalized spacial score (nSPS) is 18.5. The summed E-state index contributed by atoms with van der Waals surface area (Å²) in [4.78, 5) is 7.20. The van der Waals surface area contributed by atoms with Crippen molar-refractivity contribution in [1.82, 2.24) is 18.9 Å². The third-order valence-electron chi connectivity index (χ3n) is 5.80. The molecule has 0 saturated carbocycles. The summed E-state index contributed by atoms with van der Waals surface area (Å²) in [6.45, 7) is 9.49. The Kier molecular flexibility index (Phi) is 6.37. The lowest BCUT2D eigenvalue weighted by atomic mass is 10.0. The molecule has 3 aromatic rings. The van der Waals surface area contributed by atoms with E-state index >= 15 is 0 Å². The van der Waals surface area contributed by atoms with Gasteiger partial charge in [0.2, 0.25) is 0 Å². The van der Waals surface area contributed by atoms with Gasteiger partial charge >= 0.3 is 0 Å². The molecular formula is C19H25IN5O3PS2. The molecule has 8 nitrogen and oxygen atoms in total. The number of fused-ring (bicyclic) bond motifs is 1. The van der Waals surface area contributed by atoms with Gasteiger partial charge in [0.05, 0.1) is 46.5 Å². The van der Waals surface area contributed by atoms with Gasteiger partial charge in [-0.05, 0) is 79.0 Å². The number of hydrogen-bond donors (Lipinski definition) is 0. The first-order valence-corrected chi connectivity index (χ1v) is 16.6. The van der Waals surface area contributed by atoms with Gasteiger partial charge in [0.15, 0.2) is 9.84 Å². The number of rotatable bonds is 5. The number of sulfone groups is 1. The summed E-state index contributed by atoms with van der Waals surface area (Å²) in [7, 11) is -3.38. The Labute approximate surface area is 201 Å². The van der Waals surface area contributed by atoms with Crippen LogP contribution in [0.5, 0.6) is 0 Å². The van der Waals surface area contributed by atoms with Crippen molar-refractivity contribution in [2.24, 2.45) is 0 Å². The number of pyridine rings is 1. The number of hydrogen-bond acceptors (Lipinski definition) is 8. The fourth-order valence-corrected chi connectivity index (χ4v) is 6.86. The molecule has 4 rings (SSSR count). The van der Waals surface area contributed by atoms with Gasteiger partial charge in [-0.25, -0.2) is 17.9 Å². The summed E-state index contributed by atoms with van der Waals surface area (Å²) in [5.74, 6) is 0.760. The summed E-state index contributed by atoms with van der Waals surface area (Å²) in [6, 6.07) is 4.08. The van der Waals surface area contributed by atoms with Crippen molar-refractivity contribution in [3.63, 3.8) is 0 Å². The van der Waals surface area contributed by atoms with E-state index in [0.717, 1.165) is 38.7 Å². The lowest BCUT2D eigenvalue weighted by Crippen LogP contribution is -2.44. The molecule has 168 valence electrons. The van der Waals surface area contributed by atoms with Crippen molar-refractivity contribution in [2.45, 2.75) is 38.5 Å². The SMILES string of the molecule is Cc1cc(-c2nsc3c(C(C)(C)S(C)(=O)=O)cc(N4CCOC[C@H]4C)nc23)n(PI)n1. The molecular weight excluding hydrogens is 568 g/mol. The summed E-state index contributed by atoms with van der Waals surface area (Å²) < 4.78 is 37.5. The zero-order valence-electron chi connectivity index (χ0n) is 18.0. The lowest BCUT2D eigenvalue weighted by Gasteiger charge is -2.35. The van der Waals surface area contributed by atoms with E-state index in [4.69, 9.17) is 14.1 Å². The predicted molar refractivity (Wildman–Crippen MR) is 137 cm³/mol. The Morgan fingerprint density at radius 2 is 2.10 bits per heavy atom. The first-order valence-electron chi connectivity index (χ1n) is 9.83. The van der Waals surface area contributed by atoms with Crippen LogP contribution >= 0.6 is 39.9 Å². The maximum Gasteiger partial charge on any atom is 0.156 e. The van der Waals surface area contributed by atoms with E-state index in [1.54, 1.807) is 13.8 Å². The molecule has 3 aromatic heterocycles. The topological polar surface area (TPSA) is 90.2 Å². The number of halogens is 1. The number of anilines is 1. The quantitative estimate of drug-likeness (QED) is 0.324. The van der Waals surface area contributed by atoms with Gasteiger partial charge < -0.3 is 9.64 Å². The van der Waals surface area contributed by atoms with E-state index in [-0.39, 0.29) is 6.04 Å². The molecule has 1 unspecified atom stereocenters. The highest BCUT2D eigenvalue weighted by molar-refractivity contribution is 14.2. The molecule has 1 aliphatic rings. The van der Waals surface area contributed by atoms with Crippen molar-refractivity contribution in [2.75, 3.05) is 30.9 Å². The molecule has 0 bridgehead atoms. The molecule has 12 heteroatoms. The molecule has 0 aliphatic carbocycles. The van der Waals surface area contributed by atoms with Crippen LogP contribution in [0.4, 0.5) is 5.82 Å². The molecule has 1 aliphatic heterocycles. The van der Waals surface area contributed by atoms with E-state index in [1.807, 2.05) is 23.5 Å². The highest BCUT2D eigenvalue weighted by atomic mass is 127. The molecule has 0 aromatic carbocycles. The van der Waals surface area contributed by atoms with Crippen molar-refractivity contribution < 1.29 is 13.2 Å². The van der Waals surface area contributed by atoms with E-state index in [0.29, 0.717) is 26.1 Å². The van der Waals surface area contributed by atoms with Crippen LogP contribution < -0.4 is 4.90 Å². The third kappa shape index (κ3) is 4.12. The van der Waals surface area contributed by atoms with Crippen LogP contribution in [0, 0.1) is 6.92 Å². The minimum atomic E-state index is -3.38. The van der Waals surface area contributed by atoms with Crippen LogP contribution in [0.2, 0.25) is 0 Å². The van der Waals surface area contributed by atoms with Gasteiger partial charge in [0.1, 0.15) is 17.0 Å². The van der Waals surface area contributed by atoms with Gasteiger partial charge in [-0.15, -0.1) is 0 Å². The zero-order chi connectivity index (χ0) is 22.6. The average Bonchev–Trinajstić information content (AvgIpc) is 3.29. The monoisotopic (exact) mass is 593 g/mol. The van der Waals surface area contributed by atoms with Crippen molar-refractivity contribution in [1.29, 1.82) is 0 Å². The second kappa shape index (κ2) is 8.48. The molecule has 1 fully saturated rings. The van der Waals surface area contributed by atoms with Crippen molar-refractivity contribution >= 4 is 65.8 Å². The fourth-order valence-electron chi connectivity index (χ4n) is 3.67. The van der Waals surface area contributed by atoms with Crippen LogP contribution in [-0.2, 0) is 19.3 Å². The van der Waals surface area contributed by atoms with E-state index < -0.39 is 14.6 Å². The maximum atomic E-state index is 12.7. The third-order valence-corrected chi connectivity index (χ3v) is 10.6. The van der Waals surface area contributed by atoms with E-state index in [9.17, 15) is 8.42 Å². The van der Waals surface area contributed by atoms with Gasteiger partial charge in [-0.1, -0.05) is 0 Å². The minimum Gasteiger partial charge on any atom is -0.377 e.